The van der Waals surface area contributed by atoms with Crippen LogP contribution in [0.1, 0.15) is 61.4 Å². The molecule has 0 amide bonds. The minimum atomic E-state index is -3.62. The molecule has 136 valence electrons. The van der Waals surface area contributed by atoms with Crippen molar-refractivity contribution >= 4 is 21.6 Å². The molecule has 0 aromatic heterocycles. The zero-order chi connectivity index (χ0) is 18.8. The summed E-state index contributed by atoms with van der Waals surface area (Å²) in [6.45, 7) is 9.83. The maximum absolute atomic E-state index is 12.9. The Balaban J connectivity index is 2.32. The van der Waals surface area contributed by atoms with Crippen LogP contribution >= 0.6 is 11.6 Å². The number of aryl methyl sites for hydroxylation is 2. The topological polar surface area (TPSA) is 46.2 Å². The number of hydrogen-bond donors (Lipinski definition) is 1. The van der Waals surface area contributed by atoms with E-state index in [4.69, 9.17) is 11.6 Å². The van der Waals surface area contributed by atoms with Crippen LogP contribution in [0.4, 0.5) is 0 Å². The smallest absolute Gasteiger partial charge is 0.207 e. The molecule has 25 heavy (non-hydrogen) atoms. The zero-order valence-electron chi connectivity index (χ0n) is 15.4. The van der Waals surface area contributed by atoms with Crippen LogP contribution in [0.2, 0.25) is 5.02 Å². The second-order valence-electron chi connectivity index (χ2n) is 6.77. The highest BCUT2D eigenvalue weighted by molar-refractivity contribution is 7.89. The summed E-state index contributed by atoms with van der Waals surface area (Å²) in [6, 6.07) is 11.2. The SMILES string of the molecule is CCC(NS(=O)(=O)c1cc(C)c(Cl)cc1C)c1ccc(C(C)C)cc1. The van der Waals surface area contributed by atoms with Crippen molar-refractivity contribution in [2.24, 2.45) is 0 Å². The van der Waals surface area contributed by atoms with Crippen molar-refractivity contribution in [1.29, 1.82) is 0 Å². The first-order valence-electron chi connectivity index (χ1n) is 8.54. The highest BCUT2D eigenvalue weighted by atomic mass is 35.5. The summed E-state index contributed by atoms with van der Waals surface area (Å²) < 4.78 is 28.6. The van der Waals surface area contributed by atoms with Gasteiger partial charge in [0.15, 0.2) is 0 Å². The normalized spacial score (nSPS) is 13.2. The zero-order valence-corrected chi connectivity index (χ0v) is 17.0. The fourth-order valence-electron chi connectivity index (χ4n) is 2.80. The van der Waals surface area contributed by atoms with E-state index in [0.717, 1.165) is 11.1 Å². The van der Waals surface area contributed by atoms with Crippen LogP contribution in [0.25, 0.3) is 0 Å². The number of rotatable bonds is 6. The predicted molar refractivity (Wildman–Crippen MR) is 105 cm³/mol. The van der Waals surface area contributed by atoms with Gasteiger partial charge in [0.05, 0.1) is 4.90 Å². The lowest BCUT2D eigenvalue weighted by molar-refractivity contribution is 0.549. The molecule has 1 atom stereocenters. The summed E-state index contributed by atoms with van der Waals surface area (Å²) in [5, 5.41) is 0.577. The molecule has 2 aromatic carbocycles. The third kappa shape index (κ3) is 4.63. The number of halogens is 1. The molecule has 0 aliphatic carbocycles. The van der Waals surface area contributed by atoms with Gasteiger partial charge in [0.1, 0.15) is 0 Å². The number of sulfonamides is 1. The highest BCUT2D eigenvalue weighted by Crippen LogP contribution is 2.27. The van der Waals surface area contributed by atoms with Gasteiger partial charge in [-0.1, -0.05) is 56.6 Å². The fraction of sp³-hybridized carbons (Fsp3) is 0.400. The molecular formula is C20H26ClNO2S. The van der Waals surface area contributed by atoms with Crippen LogP contribution < -0.4 is 4.72 Å². The molecular weight excluding hydrogens is 354 g/mol. The van der Waals surface area contributed by atoms with E-state index in [1.165, 1.54) is 5.56 Å². The minimum Gasteiger partial charge on any atom is -0.207 e. The van der Waals surface area contributed by atoms with Crippen molar-refractivity contribution in [2.45, 2.75) is 57.9 Å². The van der Waals surface area contributed by atoms with Crippen molar-refractivity contribution in [1.82, 2.24) is 4.72 Å². The summed E-state index contributed by atoms with van der Waals surface area (Å²) in [4.78, 5) is 0.284. The quantitative estimate of drug-likeness (QED) is 0.719. The summed E-state index contributed by atoms with van der Waals surface area (Å²) in [6.07, 6.45) is 0.672. The van der Waals surface area contributed by atoms with Crippen LogP contribution in [-0.2, 0) is 10.0 Å². The maximum Gasteiger partial charge on any atom is 0.241 e. The lowest BCUT2D eigenvalue weighted by Crippen LogP contribution is -2.29. The second-order valence-corrected chi connectivity index (χ2v) is 8.86. The van der Waals surface area contributed by atoms with Crippen LogP contribution in [-0.4, -0.2) is 8.42 Å². The molecule has 0 radical (unpaired) electrons. The van der Waals surface area contributed by atoms with Gasteiger partial charge in [-0.2, -0.15) is 0 Å². The first kappa shape index (κ1) is 20.0. The molecule has 0 saturated heterocycles. The van der Waals surface area contributed by atoms with Crippen molar-refractivity contribution in [3.63, 3.8) is 0 Å². The Bertz CT molecular complexity index is 843. The van der Waals surface area contributed by atoms with Gasteiger partial charge in [0.2, 0.25) is 10.0 Å². The summed E-state index contributed by atoms with van der Waals surface area (Å²) in [7, 11) is -3.62. The summed E-state index contributed by atoms with van der Waals surface area (Å²) in [5.41, 5.74) is 3.61. The largest absolute Gasteiger partial charge is 0.241 e. The van der Waals surface area contributed by atoms with Crippen LogP contribution in [0.5, 0.6) is 0 Å². The van der Waals surface area contributed by atoms with E-state index >= 15 is 0 Å². The van der Waals surface area contributed by atoms with E-state index in [0.29, 0.717) is 22.9 Å². The predicted octanol–water partition coefficient (Wildman–Crippen LogP) is 5.51. The molecule has 2 aromatic rings. The molecule has 2 rings (SSSR count). The third-order valence-electron chi connectivity index (χ3n) is 4.46. The van der Waals surface area contributed by atoms with Gasteiger partial charge in [-0.15, -0.1) is 0 Å². The monoisotopic (exact) mass is 379 g/mol. The van der Waals surface area contributed by atoms with Gasteiger partial charge in [-0.3, -0.25) is 0 Å². The van der Waals surface area contributed by atoms with Gasteiger partial charge >= 0.3 is 0 Å². The third-order valence-corrected chi connectivity index (χ3v) is 6.48. The van der Waals surface area contributed by atoms with Crippen LogP contribution in [0.15, 0.2) is 41.3 Å². The molecule has 1 unspecified atom stereocenters. The average Bonchev–Trinajstić information content (AvgIpc) is 2.56. The Morgan fingerprint density at radius 1 is 1.00 bits per heavy atom. The van der Waals surface area contributed by atoms with E-state index in [-0.39, 0.29) is 10.9 Å². The van der Waals surface area contributed by atoms with Crippen molar-refractivity contribution in [3.8, 4) is 0 Å². The lowest BCUT2D eigenvalue weighted by atomic mass is 9.98. The van der Waals surface area contributed by atoms with Gasteiger partial charge < -0.3 is 0 Å². The molecule has 1 N–H and O–H groups in total. The van der Waals surface area contributed by atoms with Gasteiger partial charge in [0.25, 0.3) is 0 Å². The number of hydrogen-bond acceptors (Lipinski definition) is 2. The Morgan fingerprint density at radius 2 is 1.56 bits per heavy atom. The van der Waals surface area contributed by atoms with E-state index < -0.39 is 10.0 Å². The molecule has 0 heterocycles. The molecule has 3 nitrogen and oxygen atoms in total. The standard InChI is InChI=1S/C20H26ClNO2S/c1-6-19(17-9-7-16(8-10-17)13(2)3)22-25(23,24)20-12-14(4)18(21)11-15(20)5/h7-13,19,22H,6H2,1-5H3. The summed E-state index contributed by atoms with van der Waals surface area (Å²) in [5.74, 6) is 0.450. The first-order valence-corrected chi connectivity index (χ1v) is 10.4. The highest BCUT2D eigenvalue weighted by Gasteiger charge is 2.23. The van der Waals surface area contributed by atoms with E-state index in [1.807, 2.05) is 26.0 Å². The Kier molecular flexibility index (Phi) is 6.30. The average molecular weight is 380 g/mol. The molecule has 0 saturated carbocycles. The minimum absolute atomic E-state index is 0.262. The van der Waals surface area contributed by atoms with E-state index in [9.17, 15) is 8.42 Å². The number of nitrogens with one attached hydrogen (secondary N) is 1. The van der Waals surface area contributed by atoms with E-state index in [1.54, 1.807) is 19.1 Å². The van der Waals surface area contributed by atoms with E-state index in [2.05, 4.69) is 30.7 Å². The second kappa shape index (κ2) is 7.90. The Morgan fingerprint density at radius 3 is 2.08 bits per heavy atom. The van der Waals surface area contributed by atoms with Crippen molar-refractivity contribution in [2.75, 3.05) is 0 Å². The number of benzene rings is 2. The van der Waals surface area contributed by atoms with Crippen LogP contribution in [0.3, 0.4) is 0 Å². The van der Waals surface area contributed by atoms with Crippen LogP contribution in [0, 0.1) is 13.8 Å². The fourth-order valence-corrected chi connectivity index (χ4v) is 4.63. The van der Waals surface area contributed by atoms with Gasteiger partial charge in [0, 0.05) is 11.1 Å². The maximum atomic E-state index is 12.9. The Hall–Kier alpha value is -1.36. The molecule has 0 bridgehead atoms. The molecule has 0 aliphatic heterocycles. The molecule has 0 fully saturated rings. The lowest BCUT2D eigenvalue weighted by Gasteiger charge is -2.19. The molecule has 0 aliphatic rings. The first-order chi connectivity index (χ1) is 11.7. The van der Waals surface area contributed by atoms with Gasteiger partial charge in [-0.05, 0) is 60.6 Å². The van der Waals surface area contributed by atoms with Gasteiger partial charge in [-0.25, -0.2) is 13.1 Å². The van der Waals surface area contributed by atoms with Crippen molar-refractivity contribution < 1.29 is 8.42 Å². The summed E-state index contributed by atoms with van der Waals surface area (Å²) >= 11 is 6.09. The molecule has 0 spiro atoms. The Labute approximate surface area is 156 Å². The molecule has 5 heteroatoms. The van der Waals surface area contributed by atoms with Crippen molar-refractivity contribution in [3.05, 3.63) is 63.7 Å².